The highest BCUT2D eigenvalue weighted by Gasteiger charge is 2.45. The summed E-state index contributed by atoms with van der Waals surface area (Å²) in [6.07, 6.45) is 7.62. The minimum atomic E-state index is -0.974. The summed E-state index contributed by atoms with van der Waals surface area (Å²) in [5.74, 6) is -2.06. The lowest BCUT2D eigenvalue weighted by atomic mass is 10.0. The fourth-order valence-corrected chi connectivity index (χ4v) is 4.23. The maximum absolute atomic E-state index is 13.0. The van der Waals surface area contributed by atoms with Gasteiger partial charge in [0.15, 0.2) is 0 Å². The van der Waals surface area contributed by atoms with Crippen molar-refractivity contribution in [3.8, 4) is 0 Å². The van der Waals surface area contributed by atoms with Crippen LogP contribution < -0.4 is 10.6 Å². The SMILES string of the molecule is CCCCCCCCOCCOCCNc1cccc2c1C(=O)N(C1CCC(=O)NC1=O)C2=O. The molecule has 3 rings (SSSR count). The van der Waals surface area contributed by atoms with Gasteiger partial charge >= 0.3 is 0 Å². The Hall–Kier alpha value is -2.78. The number of nitrogens with one attached hydrogen (secondary N) is 2. The second-order valence-electron chi connectivity index (χ2n) is 8.59. The Balaban J connectivity index is 1.39. The predicted molar refractivity (Wildman–Crippen MR) is 127 cm³/mol. The van der Waals surface area contributed by atoms with E-state index >= 15 is 0 Å². The smallest absolute Gasteiger partial charge is 0.264 e. The highest BCUT2D eigenvalue weighted by Crippen LogP contribution is 2.32. The number of benzene rings is 1. The Kier molecular flexibility index (Phi) is 10.0. The maximum atomic E-state index is 13.0. The van der Waals surface area contributed by atoms with Gasteiger partial charge in [0.25, 0.3) is 11.8 Å². The number of carbonyl (C=O) groups excluding carboxylic acids is 4. The number of amides is 4. The summed E-state index contributed by atoms with van der Waals surface area (Å²) in [6, 6.07) is 4.01. The molecule has 186 valence electrons. The zero-order valence-electron chi connectivity index (χ0n) is 19.9. The highest BCUT2D eigenvalue weighted by molar-refractivity contribution is 6.25. The van der Waals surface area contributed by atoms with Crippen LogP contribution in [0.25, 0.3) is 0 Å². The van der Waals surface area contributed by atoms with Gasteiger partial charge in [0.05, 0.1) is 30.9 Å². The molecule has 2 aliphatic rings. The van der Waals surface area contributed by atoms with Crippen LogP contribution in [0, 0.1) is 0 Å². The first kappa shape index (κ1) is 25.8. The first-order chi connectivity index (χ1) is 16.5. The molecule has 0 aliphatic carbocycles. The summed E-state index contributed by atoms with van der Waals surface area (Å²) in [4.78, 5) is 50.5. The summed E-state index contributed by atoms with van der Waals surface area (Å²) < 4.78 is 11.2. The Bertz CT molecular complexity index is 887. The number of anilines is 1. The molecular weight excluding hydrogens is 438 g/mol. The normalized spacial score (nSPS) is 17.8. The number of unbranched alkanes of at least 4 members (excludes halogenated alkanes) is 5. The summed E-state index contributed by atoms with van der Waals surface area (Å²) in [6.45, 7) is 4.87. The number of rotatable bonds is 15. The van der Waals surface area contributed by atoms with E-state index in [1.807, 2.05) is 0 Å². The molecule has 2 heterocycles. The topological polar surface area (TPSA) is 114 Å². The molecule has 2 N–H and O–H groups in total. The molecule has 4 amide bonds. The van der Waals surface area contributed by atoms with Gasteiger partial charge in [-0.2, -0.15) is 0 Å². The first-order valence-electron chi connectivity index (χ1n) is 12.3. The Morgan fingerprint density at radius 2 is 1.68 bits per heavy atom. The van der Waals surface area contributed by atoms with Crippen molar-refractivity contribution in [2.45, 2.75) is 64.3 Å². The fraction of sp³-hybridized carbons (Fsp3) is 0.600. The minimum absolute atomic E-state index is 0.0922. The van der Waals surface area contributed by atoms with E-state index in [1.54, 1.807) is 18.2 Å². The third-order valence-electron chi connectivity index (χ3n) is 6.04. The van der Waals surface area contributed by atoms with Crippen molar-refractivity contribution >= 4 is 29.3 Å². The number of carbonyl (C=O) groups is 4. The standard InChI is InChI=1S/C25H35N3O6/c1-2-3-4-5-6-7-14-33-16-17-34-15-13-26-19-10-8-9-18-22(19)25(32)28(24(18)31)20-11-12-21(29)27-23(20)30/h8-10,20,26H,2-7,11-17H2,1H3,(H,27,29,30). The molecule has 1 fully saturated rings. The third-order valence-corrected chi connectivity index (χ3v) is 6.04. The molecule has 9 nitrogen and oxygen atoms in total. The van der Waals surface area contributed by atoms with Crippen LogP contribution in [0.3, 0.4) is 0 Å². The lowest BCUT2D eigenvalue weighted by molar-refractivity contribution is -0.136. The van der Waals surface area contributed by atoms with Gasteiger partial charge in [-0.3, -0.25) is 29.4 Å². The molecule has 0 radical (unpaired) electrons. The van der Waals surface area contributed by atoms with Crippen molar-refractivity contribution in [2.24, 2.45) is 0 Å². The van der Waals surface area contributed by atoms with E-state index in [1.165, 1.54) is 32.1 Å². The molecule has 0 saturated carbocycles. The average molecular weight is 474 g/mol. The zero-order valence-corrected chi connectivity index (χ0v) is 19.9. The zero-order chi connectivity index (χ0) is 24.3. The van der Waals surface area contributed by atoms with E-state index in [4.69, 9.17) is 9.47 Å². The fourth-order valence-electron chi connectivity index (χ4n) is 4.23. The number of nitrogens with zero attached hydrogens (tertiary/aromatic N) is 1. The summed E-state index contributed by atoms with van der Waals surface area (Å²) in [5.41, 5.74) is 1.02. The molecule has 0 aromatic heterocycles. The van der Waals surface area contributed by atoms with Crippen molar-refractivity contribution < 1.29 is 28.7 Å². The van der Waals surface area contributed by atoms with Gasteiger partial charge < -0.3 is 14.8 Å². The average Bonchev–Trinajstić information content (AvgIpc) is 3.08. The van der Waals surface area contributed by atoms with E-state index in [0.717, 1.165) is 17.9 Å². The number of piperidine rings is 1. The number of ether oxygens (including phenoxy) is 2. The molecule has 2 aliphatic heterocycles. The third kappa shape index (κ3) is 6.64. The van der Waals surface area contributed by atoms with Crippen molar-refractivity contribution in [2.75, 3.05) is 38.3 Å². The highest BCUT2D eigenvalue weighted by atomic mass is 16.5. The van der Waals surface area contributed by atoms with Gasteiger partial charge in [-0.1, -0.05) is 45.1 Å². The molecule has 9 heteroatoms. The van der Waals surface area contributed by atoms with Gasteiger partial charge in [0.1, 0.15) is 6.04 Å². The summed E-state index contributed by atoms with van der Waals surface area (Å²) >= 11 is 0. The molecular formula is C25H35N3O6. The van der Waals surface area contributed by atoms with Crippen LogP contribution in [0.15, 0.2) is 18.2 Å². The van der Waals surface area contributed by atoms with Crippen molar-refractivity contribution in [3.63, 3.8) is 0 Å². The molecule has 1 saturated heterocycles. The van der Waals surface area contributed by atoms with E-state index in [9.17, 15) is 19.2 Å². The Morgan fingerprint density at radius 1 is 0.941 bits per heavy atom. The van der Waals surface area contributed by atoms with Crippen molar-refractivity contribution in [1.82, 2.24) is 10.2 Å². The van der Waals surface area contributed by atoms with Gasteiger partial charge in [-0.25, -0.2) is 0 Å². The van der Waals surface area contributed by atoms with Crippen LogP contribution >= 0.6 is 0 Å². The van der Waals surface area contributed by atoms with E-state index in [-0.39, 0.29) is 24.0 Å². The molecule has 1 atom stereocenters. The summed E-state index contributed by atoms with van der Waals surface area (Å²) in [7, 11) is 0. The lowest BCUT2D eigenvalue weighted by Crippen LogP contribution is -2.54. The van der Waals surface area contributed by atoms with E-state index in [2.05, 4.69) is 17.6 Å². The van der Waals surface area contributed by atoms with Crippen LogP contribution in [0.2, 0.25) is 0 Å². The second-order valence-corrected chi connectivity index (χ2v) is 8.59. The molecule has 1 aromatic carbocycles. The van der Waals surface area contributed by atoms with E-state index < -0.39 is 29.7 Å². The molecule has 0 spiro atoms. The Morgan fingerprint density at radius 3 is 2.44 bits per heavy atom. The van der Waals surface area contributed by atoms with Crippen LogP contribution in [0.5, 0.6) is 0 Å². The number of hydrogen-bond donors (Lipinski definition) is 2. The van der Waals surface area contributed by atoms with Crippen LogP contribution in [-0.2, 0) is 19.1 Å². The number of hydrogen-bond acceptors (Lipinski definition) is 7. The van der Waals surface area contributed by atoms with Crippen molar-refractivity contribution in [1.29, 1.82) is 0 Å². The lowest BCUT2D eigenvalue weighted by Gasteiger charge is -2.27. The first-order valence-corrected chi connectivity index (χ1v) is 12.3. The molecule has 1 unspecified atom stereocenters. The monoisotopic (exact) mass is 473 g/mol. The van der Waals surface area contributed by atoms with E-state index in [0.29, 0.717) is 32.1 Å². The molecule has 34 heavy (non-hydrogen) atoms. The van der Waals surface area contributed by atoms with Crippen molar-refractivity contribution in [3.05, 3.63) is 29.3 Å². The maximum Gasteiger partial charge on any atom is 0.264 e. The quantitative estimate of drug-likeness (QED) is 0.297. The van der Waals surface area contributed by atoms with Gasteiger partial charge in [-0.15, -0.1) is 0 Å². The second kappa shape index (κ2) is 13.2. The van der Waals surface area contributed by atoms with Gasteiger partial charge in [-0.05, 0) is 25.0 Å². The molecule has 0 bridgehead atoms. The number of fused-ring (bicyclic) bond motifs is 1. The molecule has 1 aromatic rings. The predicted octanol–water partition coefficient (Wildman–Crippen LogP) is 2.89. The minimum Gasteiger partial charge on any atom is -0.382 e. The largest absolute Gasteiger partial charge is 0.382 e. The van der Waals surface area contributed by atoms with Gasteiger partial charge in [0.2, 0.25) is 11.8 Å². The van der Waals surface area contributed by atoms with Crippen LogP contribution in [-0.4, -0.2) is 67.5 Å². The van der Waals surface area contributed by atoms with Crippen LogP contribution in [0.1, 0.15) is 79.0 Å². The summed E-state index contributed by atoms with van der Waals surface area (Å²) in [5, 5.41) is 5.36. The number of imide groups is 2. The Labute approximate surface area is 200 Å². The van der Waals surface area contributed by atoms with Gasteiger partial charge in [0, 0.05) is 25.3 Å². The van der Waals surface area contributed by atoms with Crippen LogP contribution in [0.4, 0.5) is 5.69 Å².